The van der Waals surface area contributed by atoms with Gasteiger partial charge in [-0.3, -0.25) is 4.79 Å². The highest BCUT2D eigenvalue weighted by atomic mass is 35.5. The Morgan fingerprint density at radius 1 is 1.56 bits per heavy atom. The Morgan fingerprint density at radius 2 is 2.25 bits per heavy atom. The molecular formula is C12H17ClN2O. The second-order valence-electron chi connectivity index (χ2n) is 3.81. The maximum Gasteiger partial charge on any atom is 0.237 e. The predicted octanol–water partition coefficient (Wildman–Crippen LogP) is 2.25. The molecule has 0 spiro atoms. The van der Waals surface area contributed by atoms with E-state index in [0.717, 1.165) is 12.0 Å². The summed E-state index contributed by atoms with van der Waals surface area (Å²) in [5.74, 6) is -0.146. The van der Waals surface area contributed by atoms with Crippen LogP contribution >= 0.6 is 11.6 Å². The summed E-state index contributed by atoms with van der Waals surface area (Å²) in [4.78, 5) is 11.5. The van der Waals surface area contributed by atoms with Crippen LogP contribution in [-0.2, 0) is 4.79 Å². The first-order chi connectivity index (χ1) is 7.54. The summed E-state index contributed by atoms with van der Waals surface area (Å²) in [6, 6.07) is 6.97. The van der Waals surface area contributed by atoms with Crippen LogP contribution in [0.4, 0.5) is 0 Å². The quantitative estimate of drug-likeness (QED) is 0.848. The van der Waals surface area contributed by atoms with Crippen molar-refractivity contribution in [1.82, 2.24) is 5.32 Å². The molecule has 4 heteroatoms. The van der Waals surface area contributed by atoms with Gasteiger partial charge in [-0.25, -0.2) is 0 Å². The molecule has 0 aliphatic heterocycles. The number of nitrogens with one attached hydrogen (secondary N) is 1. The minimum absolute atomic E-state index is 0.0304. The van der Waals surface area contributed by atoms with Gasteiger partial charge in [-0.05, 0) is 31.0 Å². The second-order valence-corrected chi connectivity index (χ2v) is 4.25. The van der Waals surface area contributed by atoms with Crippen LogP contribution in [0.15, 0.2) is 24.3 Å². The van der Waals surface area contributed by atoms with E-state index >= 15 is 0 Å². The molecule has 0 aliphatic rings. The average Bonchev–Trinajstić information content (AvgIpc) is 2.25. The lowest BCUT2D eigenvalue weighted by Crippen LogP contribution is -2.40. The lowest BCUT2D eigenvalue weighted by molar-refractivity contribution is -0.122. The van der Waals surface area contributed by atoms with Crippen molar-refractivity contribution >= 4 is 17.5 Å². The number of hydrogen-bond donors (Lipinski definition) is 2. The normalized spacial score (nSPS) is 14.2. The number of carbonyl (C=O) groups is 1. The van der Waals surface area contributed by atoms with Gasteiger partial charge >= 0.3 is 0 Å². The zero-order valence-corrected chi connectivity index (χ0v) is 10.3. The first-order valence-electron chi connectivity index (χ1n) is 5.36. The maximum atomic E-state index is 11.5. The Kier molecular flexibility index (Phi) is 4.77. The van der Waals surface area contributed by atoms with Crippen molar-refractivity contribution in [2.75, 3.05) is 0 Å². The van der Waals surface area contributed by atoms with E-state index in [1.54, 1.807) is 6.92 Å². The van der Waals surface area contributed by atoms with E-state index < -0.39 is 6.04 Å². The zero-order valence-electron chi connectivity index (χ0n) is 9.53. The molecular weight excluding hydrogens is 224 g/mol. The molecule has 1 unspecified atom stereocenters. The molecule has 0 aliphatic carbocycles. The summed E-state index contributed by atoms with van der Waals surface area (Å²) in [5, 5.41) is 3.56. The summed E-state index contributed by atoms with van der Waals surface area (Å²) < 4.78 is 0. The molecule has 1 aromatic rings. The van der Waals surface area contributed by atoms with Crippen LogP contribution in [0, 0.1) is 0 Å². The van der Waals surface area contributed by atoms with Crippen LogP contribution < -0.4 is 11.1 Å². The maximum absolute atomic E-state index is 11.5. The van der Waals surface area contributed by atoms with E-state index in [1.807, 2.05) is 31.2 Å². The standard InChI is InChI=1S/C12H17ClN2O/c1-3-11(15-12(16)8(2)14)9-5-4-6-10(13)7-9/h4-8,11H,3,14H2,1-2H3,(H,15,16)/t8-,11?/m0/s1. The molecule has 0 heterocycles. The smallest absolute Gasteiger partial charge is 0.237 e. The molecule has 1 aromatic carbocycles. The summed E-state index contributed by atoms with van der Waals surface area (Å²) in [7, 11) is 0. The van der Waals surface area contributed by atoms with Crippen molar-refractivity contribution in [3.05, 3.63) is 34.9 Å². The van der Waals surface area contributed by atoms with E-state index in [1.165, 1.54) is 0 Å². The van der Waals surface area contributed by atoms with Gasteiger partial charge < -0.3 is 11.1 Å². The lowest BCUT2D eigenvalue weighted by Gasteiger charge is -2.19. The third-order valence-corrected chi connectivity index (χ3v) is 2.62. The largest absolute Gasteiger partial charge is 0.348 e. The molecule has 0 saturated carbocycles. The predicted molar refractivity (Wildman–Crippen MR) is 66.3 cm³/mol. The molecule has 3 N–H and O–H groups in total. The first-order valence-corrected chi connectivity index (χ1v) is 5.73. The van der Waals surface area contributed by atoms with Crippen LogP contribution in [-0.4, -0.2) is 11.9 Å². The number of benzene rings is 1. The van der Waals surface area contributed by atoms with Crippen molar-refractivity contribution in [2.45, 2.75) is 32.4 Å². The van der Waals surface area contributed by atoms with Crippen molar-refractivity contribution in [3.8, 4) is 0 Å². The van der Waals surface area contributed by atoms with Crippen molar-refractivity contribution < 1.29 is 4.79 Å². The van der Waals surface area contributed by atoms with Gasteiger partial charge in [0.1, 0.15) is 0 Å². The Bertz CT molecular complexity index is 366. The van der Waals surface area contributed by atoms with Crippen LogP contribution in [0.5, 0.6) is 0 Å². The molecule has 0 radical (unpaired) electrons. The number of halogens is 1. The minimum Gasteiger partial charge on any atom is -0.348 e. The first kappa shape index (κ1) is 13.0. The SMILES string of the molecule is CCC(NC(=O)[C@H](C)N)c1cccc(Cl)c1. The number of carbonyl (C=O) groups excluding carboxylic acids is 1. The van der Waals surface area contributed by atoms with Gasteiger partial charge in [-0.1, -0.05) is 30.7 Å². The van der Waals surface area contributed by atoms with E-state index in [0.29, 0.717) is 5.02 Å². The molecule has 88 valence electrons. The van der Waals surface area contributed by atoms with E-state index in [9.17, 15) is 4.79 Å². The second kappa shape index (κ2) is 5.87. The van der Waals surface area contributed by atoms with Crippen molar-refractivity contribution in [3.63, 3.8) is 0 Å². The molecule has 2 atom stereocenters. The lowest BCUT2D eigenvalue weighted by atomic mass is 10.0. The zero-order chi connectivity index (χ0) is 12.1. The van der Waals surface area contributed by atoms with Crippen LogP contribution in [0.25, 0.3) is 0 Å². The van der Waals surface area contributed by atoms with Gasteiger partial charge in [0, 0.05) is 5.02 Å². The third-order valence-electron chi connectivity index (χ3n) is 2.39. The fourth-order valence-corrected chi connectivity index (χ4v) is 1.65. The monoisotopic (exact) mass is 240 g/mol. The summed E-state index contributed by atoms with van der Waals surface area (Å²) in [6.07, 6.45) is 0.804. The van der Waals surface area contributed by atoms with Gasteiger partial charge in [0.2, 0.25) is 5.91 Å². The third kappa shape index (κ3) is 3.51. The Labute approximate surface area is 101 Å². The number of hydrogen-bond acceptors (Lipinski definition) is 2. The molecule has 16 heavy (non-hydrogen) atoms. The van der Waals surface area contributed by atoms with Gasteiger partial charge in [0.25, 0.3) is 0 Å². The molecule has 0 bridgehead atoms. The highest BCUT2D eigenvalue weighted by molar-refractivity contribution is 6.30. The average molecular weight is 241 g/mol. The highest BCUT2D eigenvalue weighted by Gasteiger charge is 2.15. The van der Waals surface area contributed by atoms with Gasteiger partial charge in [0.05, 0.1) is 12.1 Å². The van der Waals surface area contributed by atoms with E-state index in [4.69, 9.17) is 17.3 Å². The highest BCUT2D eigenvalue weighted by Crippen LogP contribution is 2.20. The van der Waals surface area contributed by atoms with Gasteiger partial charge in [-0.2, -0.15) is 0 Å². The molecule has 0 aromatic heterocycles. The Balaban J connectivity index is 2.78. The molecule has 3 nitrogen and oxygen atoms in total. The fourth-order valence-electron chi connectivity index (χ4n) is 1.45. The van der Waals surface area contributed by atoms with Crippen LogP contribution in [0.3, 0.4) is 0 Å². The van der Waals surface area contributed by atoms with Crippen molar-refractivity contribution in [1.29, 1.82) is 0 Å². The fraction of sp³-hybridized carbons (Fsp3) is 0.417. The number of amides is 1. The van der Waals surface area contributed by atoms with Crippen LogP contribution in [0.1, 0.15) is 31.9 Å². The summed E-state index contributed by atoms with van der Waals surface area (Å²) in [5.41, 5.74) is 6.51. The number of rotatable bonds is 4. The Hall–Kier alpha value is -1.06. The summed E-state index contributed by atoms with van der Waals surface area (Å²) in [6.45, 7) is 3.67. The van der Waals surface area contributed by atoms with E-state index in [2.05, 4.69) is 5.32 Å². The summed E-state index contributed by atoms with van der Waals surface area (Å²) >= 11 is 5.91. The molecule has 0 saturated heterocycles. The number of nitrogens with two attached hydrogens (primary N) is 1. The molecule has 1 amide bonds. The van der Waals surface area contributed by atoms with Crippen molar-refractivity contribution in [2.24, 2.45) is 5.73 Å². The molecule has 0 fully saturated rings. The van der Waals surface area contributed by atoms with Crippen LogP contribution in [0.2, 0.25) is 5.02 Å². The van der Waals surface area contributed by atoms with Gasteiger partial charge in [-0.15, -0.1) is 0 Å². The molecule has 1 rings (SSSR count). The minimum atomic E-state index is -0.492. The van der Waals surface area contributed by atoms with E-state index in [-0.39, 0.29) is 11.9 Å². The Morgan fingerprint density at radius 3 is 2.75 bits per heavy atom. The topological polar surface area (TPSA) is 55.1 Å². The van der Waals surface area contributed by atoms with Gasteiger partial charge in [0.15, 0.2) is 0 Å².